The molecule has 3 heterocycles. The van der Waals surface area contributed by atoms with Crippen molar-refractivity contribution in [2.75, 3.05) is 19.6 Å². The van der Waals surface area contributed by atoms with Crippen LogP contribution in [0.3, 0.4) is 0 Å². The molecule has 11 nitrogen and oxygen atoms in total. The fourth-order valence-electron chi connectivity index (χ4n) is 3.34. The molecule has 1 aliphatic heterocycles. The Morgan fingerprint density at radius 1 is 1.26 bits per heavy atom. The Morgan fingerprint density at radius 3 is 2.78 bits per heavy atom. The lowest BCUT2D eigenvalue weighted by Crippen LogP contribution is -2.61. The van der Waals surface area contributed by atoms with Gasteiger partial charge in [-0.2, -0.15) is 4.31 Å². The molecule has 1 N–H and O–H groups in total. The van der Waals surface area contributed by atoms with Crippen molar-refractivity contribution in [3.8, 4) is 0 Å². The van der Waals surface area contributed by atoms with Crippen molar-refractivity contribution in [2.24, 2.45) is 0 Å². The number of amides is 1. The molecule has 142 valence electrons. The van der Waals surface area contributed by atoms with Crippen LogP contribution in [-0.4, -0.2) is 74.4 Å². The van der Waals surface area contributed by atoms with Gasteiger partial charge >= 0.3 is 0 Å². The Labute approximate surface area is 154 Å². The molecule has 1 amide bonds. The van der Waals surface area contributed by atoms with Crippen LogP contribution in [0.2, 0.25) is 0 Å². The van der Waals surface area contributed by atoms with E-state index >= 15 is 0 Å². The monoisotopic (exact) mass is 391 g/mol. The molecule has 0 saturated carbocycles. The zero-order valence-corrected chi connectivity index (χ0v) is 15.5. The number of hydrogen-bond acceptors (Lipinski definition) is 8. The third-order valence-corrected chi connectivity index (χ3v) is 6.72. The van der Waals surface area contributed by atoms with Crippen molar-refractivity contribution >= 4 is 27.0 Å². The van der Waals surface area contributed by atoms with E-state index in [4.69, 9.17) is 0 Å². The maximum absolute atomic E-state index is 13.3. The first-order valence-electron chi connectivity index (χ1n) is 8.20. The molecule has 0 radical (unpaired) electrons. The number of rotatable bonds is 3. The largest absolute Gasteiger partial charge is 0.334 e. The van der Waals surface area contributed by atoms with Gasteiger partial charge in [0.05, 0.1) is 6.20 Å². The molecule has 1 aromatic carbocycles. The zero-order valence-electron chi connectivity index (χ0n) is 14.7. The highest BCUT2D eigenvalue weighted by Gasteiger charge is 2.44. The highest BCUT2D eigenvalue weighted by Crippen LogP contribution is 2.31. The van der Waals surface area contributed by atoms with E-state index < -0.39 is 15.6 Å². The summed E-state index contributed by atoms with van der Waals surface area (Å²) in [6.45, 7) is 4.15. The molecular formula is C15H17N7O4S. The summed E-state index contributed by atoms with van der Waals surface area (Å²) in [6, 6.07) is 4.70. The van der Waals surface area contributed by atoms with Crippen LogP contribution in [0, 0.1) is 0 Å². The first kappa shape index (κ1) is 17.5. The van der Waals surface area contributed by atoms with Gasteiger partial charge in [-0.1, -0.05) is 11.3 Å². The first-order chi connectivity index (χ1) is 12.8. The lowest BCUT2D eigenvalue weighted by Gasteiger charge is -2.45. The van der Waals surface area contributed by atoms with Crippen LogP contribution < -0.4 is 0 Å². The van der Waals surface area contributed by atoms with Crippen LogP contribution in [0.25, 0.3) is 11.0 Å². The third-order valence-electron chi connectivity index (χ3n) is 4.58. The molecule has 0 spiro atoms. The second-order valence-corrected chi connectivity index (χ2v) is 8.71. The normalized spacial score (nSPS) is 18.1. The quantitative estimate of drug-likeness (QED) is 0.671. The summed E-state index contributed by atoms with van der Waals surface area (Å²) in [5.41, 5.74) is -0.00943. The zero-order chi connectivity index (χ0) is 19.2. The molecule has 1 fully saturated rings. The SMILES string of the molecule is CC1(C)CN(C(=O)c2cnn[nH]2)CCN1S(=O)(=O)c1cccc2nonc12. The minimum absolute atomic E-state index is 0.0341. The number of benzene rings is 1. The Bertz CT molecular complexity index is 1090. The maximum atomic E-state index is 13.3. The number of carbonyl (C=O) groups excluding carboxylic acids is 1. The van der Waals surface area contributed by atoms with Gasteiger partial charge in [0.2, 0.25) is 10.0 Å². The lowest BCUT2D eigenvalue weighted by atomic mass is 10.0. The molecular weight excluding hydrogens is 374 g/mol. The predicted octanol–water partition coefficient (Wildman–Crippen LogP) is 0.266. The van der Waals surface area contributed by atoms with E-state index in [1.165, 1.54) is 16.6 Å². The molecule has 0 atom stereocenters. The highest BCUT2D eigenvalue weighted by atomic mass is 32.2. The highest BCUT2D eigenvalue weighted by molar-refractivity contribution is 7.89. The molecule has 0 unspecified atom stereocenters. The standard InChI is InChI=1S/C15H17N7O4S/c1-15(2)9-21(14(23)11-8-16-20-17-11)6-7-22(15)27(24,25)12-5-3-4-10-13(12)19-26-18-10/h3-5,8H,6-7,9H2,1-2H3,(H,16,17,20). The van der Waals surface area contributed by atoms with Crippen LogP contribution in [0.15, 0.2) is 33.9 Å². The average molecular weight is 391 g/mol. The summed E-state index contributed by atoms with van der Waals surface area (Å²) >= 11 is 0. The van der Waals surface area contributed by atoms with Gasteiger partial charge in [0.25, 0.3) is 5.91 Å². The second kappa shape index (κ2) is 6.09. The van der Waals surface area contributed by atoms with E-state index in [9.17, 15) is 13.2 Å². The van der Waals surface area contributed by atoms with E-state index in [0.717, 1.165) is 0 Å². The summed E-state index contributed by atoms with van der Waals surface area (Å²) in [5, 5.41) is 17.1. The number of piperazine rings is 1. The van der Waals surface area contributed by atoms with Crippen molar-refractivity contribution in [3.05, 3.63) is 30.1 Å². The number of nitrogens with zero attached hydrogens (tertiary/aromatic N) is 6. The number of H-pyrrole nitrogens is 1. The smallest absolute Gasteiger partial charge is 0.273 e. The van der Waals surface area contributed by atoms with Gasteiger partial charge in [-0.05, 0) is 36.3 Å². The van der Waals surface area contributed by atoms with Crippen molar-refractivity contribution < 1.29 is 17.8 Å². The van der Waals surface area contributed by atoms with Gasteiger partial charge in [0, 0.05) is 25.2 Å². The number of carbonyl (C=O) groups is 1. The Hall–Kier alpha value is -2.86. The molecule has 1 saturated heterocycles. The van der Waals surface area contributed by atoms with Gasteiger partial charge in [-0.3, -0.25) is 9.89 Å². The number of fused-ring (bicyclic) bond motifs is 1. The lowest BCUT2D eigenvalue weighted by molar-refractivity contribution is 0.0489. The molecule has 2 aromatic heterocycles. The van der Waals surface area contributed by atoms with E-state index in [0.29, 0.717) is 5.52 Å². The summed E-state index contributed by atoms with van der Waals surface area (Å²) in [5.74, 6) is -0.270. The van der Waals surface area contributed by atoms with Crippen LogP contribution in [0.5, 0.6) is 0 Å². The molecule has 27 heavy (non-hydrogen) atoms. The minimum atomic E-state index is -3.87. The molecule has 1 aliphatic rings. The van der Waals surface area contributed by atoms with Gasteiger partial charge in [-0.15, -0.1) is 5.10 Å². The van der Waals surface area contributed by atoms with E-state index in [2.05, 4.69) is 30.4 Å². The van der Waals surface area contributed by atoms with Crippen molar-refractivity contribution in [1.29, 1.82) is 0 Å². The van der Waals surface area contributed by atoms with E-state index in [1.807, 2.05) is 0 Å². The van der Waals surface area contributed by atoms with E-state index in [-0.39, 0.29) is 41.6 Å². The van der Waals surface area contributed by atoms with Crippen molar-refractivity contribution in [2.45, 2.75) is 24.3 Å². The van der Waals surface area contributed by atoms with Gasteiger partial charge in [0.15, 0.2) is 5.52 Å². The number of hydrogen-bond donors (Lipinski definition) is 1. The van der Waals surface area contributed by atoms with Gasteiger partial charge in [0.1, 0.15) is 16.1 Å². The predicted molar refractivity (Wildman–Crippen MR) is 92.1 cm³/mol. The van der Waals surface area contributed by atoms with Crippen molar-refractivity contribution in [3.63, 3.8) is 0 Å². The summed E-state index contributed by atoms with van der Waals surface area (Å²) in [4.78, 5) is 14.1. The molecule has 0 bridgehead atoms. The Balaban J connectivity index is 1.65. The topological polar surface area (TPSA) is 138 Å². The van der Waals surface area contributed by atoms with Crippen LogP contribution in [0.4, 0.5) is 0 Å². The molecule has 0 aliphatic carbocycles. The Kier molecular flexibility index (Phi) is 3.96. The van der Waals surface area contributed by atoms with Crippen molar-refractivity contribution in [1.82, 2.24) is 34.9 Å². The Morgan fingerprint density at radius 2 is 2.07 bits per heavy atom. The van der Waals surface area contributed by atoms with Gasteiger partial charge < -0.3 is 4.90 Å². The number of aromatic amines is 1. The second-order valence-electron chi connectivity index (χ2n) is 6.87. The third kappa shape index (κ3) is 2.86. The summed E-state index contributed by atoms with van der Waals surface area (Å²) < 4.78 is 32.7. The summed E-state index contributed by atoms with van der Waals surface area (Å²) in [7, 11) is -3.87. The number of sulfonamides is 1. The molecule has 12 heteroatoms. The first-order valence-corrected chi connectivity index (χ1v) is 9.64. The van der Waals surface area contributed by atoms with Gasteiger partial charge in [-0.25, -0.2) is 13.0 Å². The fourth-order valence-corrected chi connectivity index (χ4v) is 5.24. The minimum Gasteiger partial charge on any atom is -0.334 e. The van der Waals surface area contributed by atoms with E-state index in [1.54, 1.807) is 30.9 Å². The molecule has 4 rings (SSSR count). The van der Waals surface area contributed by atoms with Crippen LogP contribution in [-0.2, 0) is 10.0 Å². The molecule has 3 aromatic rings. The van der Waals surface area contributed by atoms with Crippen LogP contribution in [0.1, 0.15) is 24.3 Å². The number of aromatic nitrogens is 5. The number of nitrogens with one attached hydrogen (secondary N) is 1. The summed E-state index contributed by atoms with van der Waals surface area (Å²) in [6.07, 6.45) is 1.34. The van der Waals surface area contributed by atoms with Crippen LogP contribution >= 0.6 is 0 Å². The maximum Gasteiger partial charge on any atom is 0.273 e. The fraction of sp³-hybridized carbons (Fsp3) is 0.400. The average Bonchev–Trinajstić information content (AvgIpc) is 3.30.